The van der Waals surface area contributed by atoms with Crippen molar-refractivity contribution in [1.29, 1.82) is 0 Å². The van der Waals surface area contributed by atoms with Gasteiger partial charge in [-0.2, -0.15) is 0 Å². The third-order valence-corrected chi connectivity index (χ3v) is 4.60. The van der Waals surface area contributed by atoms with Crippen LogP contribution in [-0.2, 0) is 6.42 Å². The van der Waals surface area contributed by atoms with Crippen molar-refractivity contribution in [1.82, 2.24) is 5.32 Å². The van der Waals surface area contributed by atoms with Crippen LogP contribution < -0.4 is 14.8 Å². The SMILES string of the molecule is COc1ccc(C[C@H](C)N[C@@H]2CCCC[C@H]2C)cc1OC. The van der Waals surface area contributed by atoms with Crippen LogP contribution in [-0.4, -0.2) is 26.3 Å². The first-order chi connectivity index (χ1) is 10.1. The maximum atomic E-state index is 5.38. The highest BCUT2D eigenvalue weighted by Gasteiger charge is 2.22. The second-order valence-electron chi connectivity index (χ2n) is 6.33. The molecule has 1 aromatic rings. The Kier molecular flexibility index (Phi) is 5.92. The summed E-state index contributed by atoms with van der Waals surface area (Å²) in [4.78, 5) is 0. The average molecular weight is 291 g/mol. The topological polar surface area (TPSA) is 30.5 Å². The fourth-order valence-corrected chi connectivity index (χ4v) is 3.35. The van der Waals surface area contributed by atoms with Crippen molar-refractivity contribution in [3.63, 3.8) is 0 Å². The third kappa shape index (κ3) is 4.37. The highest BCUT2D eigenvalue weighted by molar-refractivity contribution is 5.43. The Morgan fingerprint density at radius 3 is 2.52 bits per heavy atom. The van der Waals surface area contributed by atoms with Gasteiger partial charge in [0.25, 0.3) is 0 Å². The molecule has 3 heteroatoms. The molecule has 2 rings (SSSR count). The van der Waals surface area contributed by atoms with Gasteiger partial charge in [0.1, 0.15) is 0 Å². The molecular weight excluding hydrogens is 262 g/mol. The van der Waals surface area contributed by atoms with Gasteiger partial charge < -0.3 is 14.8 Å². The second kappa shape index (κ2) is 7.69. The fraction of sp³-hybridized carbons (Fsp3) is 0.667. The van der Waals surface area contributed by atoms with Crippen molar-refractivity contribution < 1.29 is 9.47 Å². The molecule has 1 aliphatic carbocycles. The molecule has 1 fully saturated rings. The molecule has 1 aromatic carbocycles. The summed E-state index contributed by atoms with van der Waals surface area (Å²) < 4.78 is 10.7. The molecule has 0 heterocycles. The number of methoxy groups -OCH3 is 2. The molecule has 1 saturated carbocycles. The predicted molar refractivity (Wildman–Crippen MR) is 87.3 cm³/mol. The molecule has 21 heavy (non-hydrogen) atoms. The summed E-state index contributed by atoms with van der Waals surface area (Å²) in [5.41, 5.74) is 1.29. The molecule has 3 nitrogen and oxygen atoms in total. The molecule has 1 N–H and O–H groups in total. The number of benzene rings is 1. The first-order valence-corrected chi connectivity index (χ1v) is 8.11. The lowest BCUT2D eigenvalue weighted by atomic mass is 9.85. The Hall–Kier alpha value is -1.22. The van der Waals surface area contributed by atoms with Crippen LogP contribution >= 0.6 is 0 Å². The Bertz CT molecular complexity index is 447. The van der Waals surface area contributed by atoms with Crippen LogP contribution in [0.4, 0.5) is 0 Å². The van der Waals surface area contributed by atoms with E-state index in [1.807, 2.05) is 6.07 Å². The summed E-state index contributed by atoms with van der Waals surface area (Å²) in [6.45, 7) is 4.65. The predicted octanol–water partition coefficient (Wildman–Crippen LogP) is 3.80. The number of ether oxygens (including phenoxy) is 2. The van der Waals surface area contributed by atoms with Crippen molar-refractivity contribution in [2.24, 2.45) is 5.92 Å². The first kappa shape index (κ1) is 16.2. The van der Waals surface area contributed by atoms with Gasteiger partial charge in [-0.05, 0) is 49.8 Å². The number of hydrogen-bond acceptors (Lipinski definition) is 3. The Morgan fingerprint density at radius 1 is 1.14 bits per heavy atom. The first-order valence-electron chi connectivity index (χ1n) is 8.11. The summed E-state index contributed by atoms with van der Waals surface area (Å²) in [7, 11) is 3.36. The van der Waals surface area contributed by atoms with Crippen molar-refractivity contribution in [2.45, 2.75) is 58.0 Å². The van der Waals surface area contributed by atoms with Crippen molar-refractivity contribution >= 4 is 0 Å². The molecule has 0 aromatic heterocycles. The van der Waals surface area contributed by atoms with Gasteiger partial charge >= 0.3 is 0 Å². The molecule has 0 bridgehead atoms. The summed E-state index contributed by atoms with van der Waals surface area (Å²) in [6, 6.07) is 7.36. The van der Waals surface area contributed by atoms with Crippen LogP contribution in [0.3, 0.4) is 0 Å². The van der Waals surface area contributed by atoms with E-state index in [0.717, 1.165) is 23.8 Å². The largest absolute Gasteiger partial charge is 0.493 e. The van der Waals surface area contributed by atoms with Crippen molar-refractivity contribution in [3.8, 4) is 11.5 Å². The number of hydrogen-bond donors (Lipinski definition) is 1. The van der Waals surface area contributed by atoms with Gasteiger partial charge in [-0.1, -0.05) is 25.8 Å². The molecule has 0 spiro atoms. The van der Waals surface area contributed by atoms with Crippen LogP contribution in [0.1, 0.15) is 45.1 Å². The summed E-state index contributed by atoms with van der Waals surface area (Å²) in [5, 5.41) is 3.81. The average Bonchev–Trinajstić information content (AvgIpc) is 2.49. The smallest absolute Gasteiger partial charge is 0.160 e. The van der Waals surface area contributed by atoms with Crippen molar-refractivity contribution in [3.05, 3.63) is 23.8 Å². The van der Waals surface area contributed by atoms with E-state index in [-0.39, 0.29) is 0 Å². The van der Waals surface area contributed by atoms with Gasteiger partial charge in [-0.15, -0.1) is 0 Å². The van der Waals surface area contributed by atoms with Gasteiger partial charge in [0.2, 0.25) is 0 Å². The number of rotatable bonds is 6. The molecule has 1 aliphatic rings. The van der Waals surface area contributed by atoms with E-state index in [2.05, 4.69) is 31.3 Å². The van der Waals surface area contributed by atoms with E-state index in [1.54, 1.807) is 14.2 Å². The van der Waals surface area contributed by atoms with Crippen LogP contribution in [0.2, 0.25) is 0 Å². The van der Waals surface area contributed by atoms with Crippen LogP contribution in [0.15, 0.2) is 18.2 Å². The molecule has 118 valence electrons. The highest BCUT2D eigenvalue weighted by Crippen LogP contribution is 2.28. The zero-order valence-electron chi connectivity index (χ0n) is 13.8. The summed E-state index contributed by atoms with van der Waals surface area (Å²) in [5.74, 6) is 2.41. The van der Waals surface area contributed by atoms with Gasteiger partial charge in [0.15, 0.2) is 11.5 Å². The Balaban J connectivity index is 1.94. The van der Waals surface area contributed by atoms with Gasteiger partial charge in [0, 0.05) is 12.1 Å². The third-order valence-electron chi connectivity index (χ3n) is 4.60. The molecule has 0 aliphatic heterocycles. The molecule has 0 radical (unpaired) electrons. The zero-order chi connectivity index (χ0) is 15.2. The van der Waals surface area contributed by atoms with E-state index in [9.17, 15) is 0 Å². The summed E-state index contributed by atoms with van der Waals surface area (Å²) in [6.07, 6.45) is 6.45. The van der Waals surface area contributed by atoms with Crippen LogP contribution in [0, 0.1) is 5.92 Å². The van der Waals surface area contributed by atoms with Crippen LogP contribution in [0.25, 0.3) is 0 Å². The van der Waals surface area contributed by atoms with E-state index in [0.29, 0.717) is 12.1 Å². The van der Waals surface area contributed by atoms with Gasteiger partial charge in [-0.3, -0.25) is 0 Å². The van der Waals surface area contributed by atoms with Crippen molar-refractivity contribution in [2.75, 3.05) is 14.2 Å². The zero-order valence-corrected chi connectivity index (χ0v) is 13.8. The van der Waals surface area contributed by atoms with Gasteiger partial charge in [-0.25, -0.2) is 0 Å². The molecule has 0 saturated heterocycles. The van der Waals surface area contributed by atoms with E-state index in [4.69, 9.17) is 9.47 Å². The van der Waals surface area contributed by atoms with E-state index in [1.165, 1.54) is 31.2 Å². The maximum Gasteiger partial charge on any atom is 0.160 e. The van der Waals surface area contributed by atoms with E-state index < -0.39 is 0 Å². The standard InChI is InChI=1S/C18H29NO2/c1-13-7-5-6-8-16(13)19-14(2)11-15-9-10-17(20-3)18(12-15)21-4/h9-10,12-14,16,19H,5-8,11H2,1-4H3/t13-,14+,16-/m1/s1. The molecule has 0 unspecified atom stereocenters. The molecule has 0 amide bonds. The minimum atomic E-state index is 0.480. The minimum Gasteiger partial charge on any atom is -0.493 e. The Morgan fingerprint density at radius 2 is 1.86 bits per heavy atom. The second-order valence-corrected chi connectivity index (χ2v) is 6.33. The Labute approximate surface area is 129 Å². The quantitative estimate of drug-likeness (QED) is 0.864. The van der Waals surface area contributed by atoms with Gasteiger partial charge in [0.05, 0.1) is 14.2 Å². The maximum absolute atomic E-state index is 5.38. The minimum absolute atomic E-state index is 0.480. The normalized spacial score (nSPS) is 23.6. The molecule has 3 atom stereocenters. The highest BCUT2D eigenvalue weighted by atomic mass is 16.5. The lowest BCUT2D eigenvalue weighted by molar-refractivity contribution is 0.262. The summed E-state index contributed by atoms with van der Waals surface area (Å²) >= 11 is 0. The van der Waals surface area contributed by atoms with E-state index >= 15 is 0 Å². The fourth-order valence-electron chi connectivity index (χ4n) is 3.35. The van der Waals surface area contributed by atoms with Crippen LogP contribution in [0.5, 0.6) is 11.5 Å². The lowest BCUT2D eigenvalue weighted by Gasteiger charge is -2.32. The monoisotopic (exact) mass is 291 g/mol. The lowest BCUT2D eigenvalue weighted by Crippen LogP contribution is -2.43. The molecular formula is C18H29NO2. The number of nitrogens with one attached hydrogen (secondary N) is 1.